The summed E-state index contributed by atoms with van der Waals surface area (Å²) < 4.78 is 0. The Morgan fingerprint density at radius 1 is 1.29 bits per heavy atom. The van der Waals surface area contributed by atoms with Crippen molar-refractivity contribution in [1.29, 1.82) is 0 Å². The minimum absolute atomic E-state index is 0.00175. The fraction of sp³-hybridized carbons (Fsp3) is 0.522. The summed E-state index contributed by atoms with van der Waals surface area (Å²) in [6.45, 7) is 0.799. The molecular weight excluding hydrogens is 368 g/mol. The van der Waals surface area contributed by atoms with Crippen LogP contribution in [0.2, 0.25) is 0 Å². The predicted molar refractivity (Wildman–Crippen MR) is 112 cm³/mol. The van der Waals surface area contributed by atoms with Crippen LogP contribution in [0.1, 0.15) is 55.3 Å². The third-order valence-electron chi connectivity index (χ3n) is 6.27. The van der Waals surface area contributed by atoms with Crippen molar-refractivity contribution in [2.24, 2.45) is 17.8 Å². The Morgan fingerprint density at radius 3 is 3.00 bits per heavy atom. The van der Waals surface area contributed by atoms with Crippen LogP contribution in [0.25, 0.3) is 0 Å². The number of aromatic nitrogens is 1. The van der Waals surface area contributed by atoms with Crippen LogP contribution in [0.5, 0.6) is 0 Å². The first-order valence-electron chi connectivity index (χ1n) is 10.4. The Hall–Kier alpha value is -1.88. The highest BCUT2D eigenvalue weighted by Gasteiger charge is 2.39. The fourth-order valence-corrected chi connectivity index (χ4v) is 5.80. The van der Waals surface area contributed by atoms with Crippen LogP contribution in [0, 0.1) is 17.8 Å². The Labute approximate surface area is 171 Å². The molecule has 1 N–H and O–H groups in total. The van der Waals surface area contributed by atoms with Gasteiger partial charge >= 0.3 is 0 Å². The predicted octanol–water partition coefficient (Wildman–Crippen LogP) is 4.58. The van der Waals surface area contributed by atoms with Gasteiger partial charge in [0.15, 0.2) is 5.78 Å². The summed E-state index contributed by atoms with van der Waals surface area (Å²) in [5, 5.41) is 3.97. The topological polar surface area (TPSA) is 59.1 Å². The number of rotatable bonds is 8. The van der Waals surface area contributed by atoms with Gasteiger partial charge in [-0.3, -0.25) is 9.59 Å². The molecule has 1 aromatic heterocycles. The van der Waals surface area contributed by atoms with Crippen molar-refractivity contribution in [2.45, 2.75) is 50.0 Å². The molecule has 0 saturated heterocycles. The van der Waals surface area contributed by atoms with E-state index in [0.717, 1.165) is 47.6 Å². The molecule has 3 aliphatic rings. The number of carbonyl (C=O) groups excluding carboxylic acids is 2. The zero-order valence-electron chi connectivity index (χ0n) is 16.2. The van der Waals surface area contributed by atoms with E-state index in [2.05, 4.69) is 10.3 Å². The Bertz CT molecular complexity index is 802. The van der Waals surface area contributed by atoms with E-state index in [1.165, 1.54) is 25.7 Å². The lowest BCUT2D eigenvalue weighted by Crippen LogP contribution is -2.32. The highest BCUT2D eigenvalue weighted by molar-refractivity contribution is 7.99. The lowest BCUT2D eigenvalue weighted by Gasteiger charge is -2.22. The smallest absolute Gasteiger partial charge is 0.254 e. The maximum atomic E-state index is 12.7. The average molecular weight is 397 g/mol. The number of carbonyl (C=O) groups is 2. The Kier molecular flexibility index (Phi) is 6.30. The molecule has 0 radical (unpaired) electrons. The third kappa shape index (κ3) is 4.75. The first kappa shape index (κ1) is 19.4. The lowest BCUT2D eigenvalue weighted by molar-refractivity contribution is -0.113. The molecule has 4 rings (SSSR count). The van der Waals surface area contributed by atoms with Crippen molar-refractivity contribution in [1.82, 2.24) is 10.3 Å². The van der Waals surface area contributed by atoms with E-state index < -0.39 is 0 Å². The van der Waals surface area contributed by atoms with E-state index in [1.54, 1.807) is 24.0 Å². The van der Waals surface area contributed by atoms with Gasteiger partial charge in [-0.05, 0) is 79.4 Å². The molecule has 28 heavy (non-hydrogen) atoms. The van der Waals surface area contributed by atoms with Gasteiger partial charge in [-0.25, -0.2) is 4.98 Å². The summed E-state index contributed by atoms with van der Waals surface area (Å²) in [5.74, 6) is 3.45. The maximum absolute atomic E-state index is 12.7. The number of hydrogen-bond acceptors (Lipinski definition) is 4. The molecule has 0 aromatic carbocycles. The molecule has 4 nitrogen and oxygen atoms in total. The number of pyridine rings is 1. The number of ketones is 1. The molecule has 2 fully saturated rings. The van der Waals surface area contributed by atoms with Crippen molar-refractivity contribution < 1.29 is 9.59 Å². The van der Waals surface area contributed by atoms with Gasteiger partial charge in [0.2, 0.25) is 0 Å². The molecule has 3 aliphatic carbocycles. The van der Waals surface area contributed by atoms with E-state index in [-0.39, 0.29) is 11.7 Å². The summed E-state index contributed by atoms with van der Waals surface area (Å²) in [7, 11) is 0. The zero-order valence-corrected chi connectivity index (χ0v) is 17.0. The van der Waals surface area contributed by atoms with Crippen molar-refractivity contribution in [3.05, 3.63) is 47.7 Å². The summed E-state index contributed by atoms with van der Waals surface area (Å²) in [6.07, 6.45) is 15.2. The number of allylic oxidation sites excluding steroid dienone is 4. The largest absolute Gasteiger partial charge is 0.352 e. The second-order valence-corrected chi connectivity index (χ2v) is 9.33. The standard InChI is InChI=1S/C23H28N2O2S/c26-20-6-1-4-16(14-20)5-3-11-28-23-21(7-2-10-24-23)22(27)25-15-19-13-17-8-9-18(19)12-17/h1-2,4,7,10,14,17-19H,3,5-6,8-9,11-13,15H2,(H,25,27). The van der Waals surface area contributed by atoms with Gasteiger partial charge in [-0.2, -0.15) is 0 Å². The molecule has 1 amide bonds. The first-order chi connectivity index (χ1) is 13.7. The Morgan fingerprint density at radius 2 is 2.21 bits per heavy atom. The molecule has 0 aliphatic heterocycles. The second kappa shape index (κ2) is 9.08. The fourth-order valence-electron chi connectivity index (χ4n) is 4.87. The molecule has 3 atom stereocenters. The number of thioether (sulfide) groups is 1. The van der Waals surface area contributed by atoms with Gasteiger partial charge in [-0.1, -0.05) is 18.6 Å². The van der Waals surface area contributed by atoms with E-state index in [4.69, 9.17) is 0 Å². The van der Waals surface area contributed by atoms with Gasteiger partial charge in [0.1, 0.15) is 5.03 Å². The minimum Gasteiger partial charge on any atom is -0.352 e. The number of fused-ring (bicyclic) bond motifs is 2. The monoisotopic (exact) mass is 396 g/mol. The second-order valence-electron chi connectivity index (χ2n) is 8.25. The Balaban J connectivity index is 1.26. The van der Waals surface area contributed by atoms with Gasteiger partial charge in [-0.15, -0.1) is 11.8 Å². The van der Waals surface area contributed by atoms with E-state index >= 15 is 0 Å². The summed E-state index contributed by atoms with van der Waals surface area (Å²) >= 11 is 1.63. The molecule has 3 unspecified atom stereocenters. The van der Waals surface area contributed by atoms with Crippen LogP contribution < -0.4 is 5.32 Å². The van der Waals surface area contributed by atoms with Gasteiger partial charge in [0.05, 0.1) is 5.56 Å². The minimum atomic E-state index is 0.00175. The molecule has 148 valence electrons. The van der Waals surface area contributed by atoms with Crippen LogP contribution in [-0.4, -0.2) is 29.0 Å². The summed E-state index contributed by atoms with van der Waals surface area (Å²) in [6, 6.07) is 3.70. The van der Waals surface area contributed by atoms with Crippen molar-refractivity contribution in [3.8, 4) is 0 Å². The van der Waals surface area contributed by atoms with E-state index in [0.29, 0.717) is 17.9 Å². The summed E-state index contributed by atoms with van der Waals surface area (Å²) in [5.41, 5.74) is 1.78. The highest BCUT2D eigenvalue weighted by atomic mass is 32.2. The van der Waals surface area contributed by atoms with E-state index in [9.17, 15) is 9.59 Å². The molecule has 2 saturated carbocycles. The van der Waals surface area contributed by atoms with Gasteiger partial charge < -0.3 is 5.32 Å². The summed E-state index contributed by atoms with van der Waals surface area (Å²) in [4.78, 5) is 28.6. The lowest BCUT2D eigenvalue weighted by atomic mass is 9.89. The van der Waals surface area contributed by atoms with Crippen molar-refractivity contribution in [2.75, 3.05) is 12.3 Å². The van der Waals surface area contributed by atoms with Crippen LogP contribution in [0.4, 0.5) is 0 Å². The number of nitrogens with zero attached hydrogens (tertiary/aromatic N) is 1. The molecular formula is C23H28N2O2S. The molecule has 5 heteroatoms. The molecule has 0 spiro atoms. The van der Waals surface area contributed by atoms with Crippen LogP contribution in [0.3, 0.4) is 0 Å². The SMILES string of the molecule is O=C1C=C(CCCSc2ncccc2C(=O)NCC2CC3CCC2C3)C=CC1. The van der Waals surface area contributed by atoms with Crippen LogP contribution >= 0.6 is 11.8 Å². The molecule has 2 bridgehead atoms. The maximum Gasteiger partial charge on any atom is 0.254 e. The normalized spacial score (nSPS) is 25.8. The van der Waals surface area contributed by atoms with Crippen molar-refractivity contribution >= 4 is 23.5 Å². The zero-order chi connectivity index (χ0) is 19.3. The van der Waals surface area contributed by atoms with Gasteiger partial charge in [0, 0.05) is 19.2 Å². The third-order valence-corrected chi connectivity index (χ3v) is 7.36. The number of nitrogens with one attached hydrogen (secondary N) is 1. The number of hydrogen-bond donors (Lipinski definition) is 1. The van der Waals surface area contributed by atoms with Crippen LogP contribution in [0.15, 0.2) is 47.2 Å². The van der Waals surface area contributed by atoms with E-state index in [1.807, 2.05) is 24.3 Å². The first-order valence-corrected chi connectivity index (χ1v) is 11.4. The quantitative estimate of drug-likeness (QED) is 0.516. The highest BCUT2D eigenvalue weighted by Crippen LogP contribution is 2.47. The molecule has 1 aromatic rings. The molecule has 1 heterocycles. The average Bonchev–Trinajstić information content (AvgIpc) is 3.33. The van der Waals surface area contributed by atoms with Crippen LogP contribution in [-0.2, 0) is 4.79 Å². The number of amides is 1. The van der Waals surface area contributed by atoms with Gasteiger partial charge in [0.25, 0.3) is 5.91 Å². The van der Waals surface area contributed by atoms with Crippen molar-refractivity contribution in [3.63, 3.8) is 0 Å².